The number of ether oxygens (including phenoxy) is 1. The maximum Gasteiger partial charge on any atom is 0.240 e. The van der Waals surface area contributed by atoms with Gasteiger partial charge in [0.15, 0.2) is 11.4 Å². The Hall–Kier alpha value is -2.89. The van der Waals surface area contributed by atoms with E-state index in [4.69, 9.17) is 22.6 Å². The molecule has 1 aliphatic heterocycles. The Kier molecular flexibility index (Phi) is 3.37. The molecule has 2 unspecified atom stereocenters. The molecule has 3 rings (SSSR count). The van der Waals surface area contributed by atoms with Gasteiger partial charge in [-0.3, -0.25) is 0 Å². The van der Waals surface area contributed by atoms with E-state index in [-0.39, 0.29) is 17.5 Å². The zero-order chi connectivity index (χ0) is 17.7. The molecule has 10 nitrogen and oxygen atoms in total. The van der Waals surface area contributed by atoms with Crippen LogP contribution in [0.2, 0.25) is 0 Å². The van der Waals surface area contributed by atoms with Gasteiger partial charge in [0.05, 0.1) is 12.3 Å². The van der Waals surface area contributed by atoms with Gasteiger partial charge in [-0.1, -0.05) is 5.92 Å². The van der Waals surface area contributed by atoms with E-state index in [1.807, 2.05) is 6.07 Å². The van der Waals surface area contributed by atoms with Crippen LogP contribution >= 0.6 is 0 Å². The topological polar surface area (TPSA) is 176 Å². The molecule has 0 amide bonds. The molecule has 1 saturated heterocycles. The number of nitriles is 1. The van der Waals surface area contributed by atoms with E-state index in [2.05, 4.69) is 16.0 Å². The zero-order valence-electron chi connectivity index (χ0n) is 12.3. The molecular formula is C14H14N6O4. The van der Waals surface area contributed by atoms with Gasteiger partial charge in [0.25, 0.3) is 0 Å². The average Bonchev–Trinajstić information content (AvgIpc) is 3.08. The summed E-state index contributed by atoms with van der Waals surface area (Å²) in [6.07, 6.45) is 1.89. The molecule has 3 heterocycles. The van der Waals surface area contributed by atoms with E-state index in [1.54, 1.807) is 0 Å². The lowest BCUT2D eigenvalue weighted by Crippen LogP contribution is -2.45. The third kappa shape index (κ3) is 1.79. The van der Waals surface area contributed by atoms with Gasteiger partial charge in [-0.25, -0.2) is 4.52 Å². The number of rotatable bonds is 2. The molecule has 0 aromatic carbocycles. The van der Waals surface area contributed by atoms with Crippen molar-refractivity contribution in [2.24, 2.45) is 0 Å². The SMILES string of the molecule is C#C[C@]1(CO)O[C@@](C#N)(c2ccc3c(N)nc(N)nn23)C(O)C1O. The van der Waals surface area contributed by atoms with Crippen molar-refractivity contribution in [2.45, 2.75) is 23.4 Å². The molecule has 1 fully saturated rings. The number of nitrogens with zero attached hydrogens (tertiary/aromatic N) is 4. The standard InChI is InChI=1S/C14H14N6O4/c1-2-13(6-21)9(22)10(23)14(5-15,24-13)8-4-3-7-11(16)18-12(17)19-20(7)8/h1,3-4,9-10,21-23H,6H2,(H4,16,17,18,19)/t9?,10?,13-,14+/m1/s1. The quantitative estimate of drug-likeness (QED) is 0.380. The van der Waals surface area contributed by atoms with Gasteiger partial charge in [0, 0.05) is 0 Å². The van der Waals surface area contributed by atoms with Gasteiger partial charge >= 0.3 is 0 Å². The van der Waals surface area contributed by atoms with Gasteiger partial charge < -0.3 is 31.5 Å². The number of aromatic nitrogens is 3. The zero-order valence-corrected chi connectivity index (χ0v) is 12.3. The summed E-state index contributed by atoms with van der Waals surface area (Å²) >= 11 is 0. The lowest BCUT2D eigenvalue weighted by molar-refractivity contribution is -0.101. The summed E-state index contributed by atoms with van der Waals surface area (Å²) in [4.78, 5) is 3.80. The van der Waals surface area contributed by atoms with Crippen LogP contribution in [0.3, 0.4) is 0 Å². The minimum Gasteiger partial charge on any atom is -0.392 e. The van der Waals surface area contributed by atoms with E-state index < -0.39 is 30.0 Å². The van der Waals surface area contributed by atoms with Crippen molar-refractivity contribution in [3.63, 3.8) is 0 Å². The van der Waals surface area contributed by atoms with E-state index in [1.165, 1.54) is 16.6 Å². The fraction of sp³-hybridized carbons (Fsp3) is 0.357. The maximum absolute atomic E-state index is 10.5. The molecule has 7 N–H and O–H groups in total. The second-order valence-electron chi connectivity index (χ2n) is 5.40. The average molecular weight is 330 g/mol. The fourth-order valence-electron chi connectivity index (χ4n) is 2.84. The van der Waals surface area contributed by atoms with Gasteiger partial charge in [0.2, 0.25) is 11.5 Å². The first-order valence-corrected chi connectivity index (χ1v) is 6.82. The lowest BCUT2D eigenvalue weighted by atomic mass is 9.89. The Morgan fingerprint density at radius 1 is 1.38 bits per heavy atom. The van der Waals surface area contributed by atoms with Crippen molar-refractivity contribution in [3.05, 3.63) is 17.8 Å². The summed E-state index contributed by atoms with van der Waals surface area (Å²) in [5, 5.41) is 43.8. The summed E-state index contributed by atoms with van der Waals surface area (Å²) in [6, 6.07) is 4.73. The minimum atomic E-state index is -2.09. The van der Waals surface area contributed by atoms with Gasteiger partial charge in [0.1, 0.15) is 23.8 Å². The van der Waals surface area contributed by atoms with Gasteiger partial charge in [-0.2, -0.15) is 10.2 Å². The minimum absolute atomic E-state index is 0.0397. The molecule has 0 radical (unpaired) electrons. The first-order chi connectivity index (χ1) is 11.3. The van der Waals surface area contributed by atoms with E-state index in [0.29, 0.717) is 5.52 Å². The van der Waals surface area contributed by atoms with Crippen LogP contribution in [0, 0.1) is 23.7 Å². The van der Waals surface area contributed by atoms with Crippen molar-refractivity contribution in [1.29, 1.82) is 5.26 Å². The molecule has 0 bridgehead atoms. The molecule has 124 valence electrons. The number of anilines is 2. The number of aliphatic hydroxyl groups is 3. The summed E-state index contributed by atoms with van der Waals surface area (Å²) in [6.45, 7) is -0.798. The smallest absolute Gasteiger partial charge is 0.240 e. The molecule has 24 heavy (non-hydrogen) atoms. The van der Waals surface area contributed by atoms with E-state index in [9.17, 15) is 20.6 Å². The third-order valence-electron chi connectivity index (χ3n) is 4.12. The van der Waals surface area contributed by atoms with Gasteiger partial charge in [-0.05, 0) is 12.1 Å². The molecule has 2 aromatic heterocycles. The third-order valence-corrected chi connectivity index (χ3v) is 4.12. The van der Waals surface area contributed by atoms with Crippen LogP contribution in [0.5, 0.6) is 0 Å². The predicted molar refractivity (Wildman–Crippen MR) is 80.9 cm³/mol. The molecule has 4 atom stereocenters. The van der Waals surface area contributed by atoms with Crippen LogP contribution < -0.4 is 11.5 Å². The highest BCUT2D eigenvalue weighted by Crippen LogP contribution is 2.45. The number of terminal acetylenes is 1. The normalized spacial score (nSPS) is 32.5. The fourth-order valence-corrected chi connectivity index (χ4v) is 2.84. The predicted octanol–water partition coefficient (Wildman–Crippen LogP) is -2.27. The second-order valence-corrected chi connectivity index (χ2v) is 5.40. The number of hydrogen-bond donors (Lipinski definition) is 5. The maximum atomic E-state index is 10.5. The monoisotopic (exact) mass is 330 g/mol. The molecule has 2 aromatic rings. The lowest BCUT2D eigenvalue weighted by Gasteiger charge is -2.26. The Bertz CT molecular complexity index is 899. The number of nitrogen functional groups attached to an aromatic ring is 2. The number of nitrogens with two attached hydrogens (primary N) is 2. The molecule has 1 aliphatic rings. The summed E-state index contributed by atoms with van der Waals surface area (Å²) in [5.74, 6) is 2.00. The first-order valence-electron chi connectivity index (χ1n) is 6.82. The van der Waals surface area contributed by atoms with E-state index in [0.717, 1.165) is 0 Å². The van der Waals surface area contributed by atoms with Crippen molar-refractivity contribution in [3.8, 4) is 18.4 Å². The highest BCUT2D eigenvalue weighted by Gasteiger charge is 2.64. The molecular weight excluding hydrogens is 316 g/mol. The molecule has 0 aliphatic carbocycles. The molecule has 10 heteroatoms. The molecule has 0 saturated carbocycles. The van der Waals surface area contributed by atoms with Crippen LogP contribution in [0.15, 0.2) is 12.1 Å². The summed E-state index contributed by atoms with van der Waals surface area (Å²) in [5.41, 5.74) is 7.66. The Morgan fingerprint density at radius 3 is 2.62 bits per heavy atom. The largest absolute Gasteiger partial charge is 0.392 e. The molecule has 0 spiro atoms. The van der Waals surface area contributed by atoms with Crippen molar-refractivity contribution < 1.29 is 20.1 Å². The summed E-state index contributed by atoms with van der Waals surface area (Å²) in [7, 11) is 0. The van der Waals surface area contributed by atoms with Crippen molar-refractivity contribution >= 4 is 17.3 Å². The van der Waals surface area contributed by atoms with Crippen LogP contribution in [0.1, 0.15) is 5.69 Å². The number of aliphatic hydroxyl groups excluding tert-OH is 3. The van der Waals surface area contributed by atoms with Crippen LogP contribution in [0.25, 0.3) is 5.52 Å². The van der Waals surface area contributed by atoms with Gasteiger partial charge in [-0.15, -0.1) is 11.5 Å². The Morgan fingerprint density at radius 2 is 2.08 bits per heavy atom. The number of fused-ring (bicyclic) bond motifs is 1. The second kappa shape index (κ2) is 5.06. The highest BCUT2D eigenvalue weighted by atomic mass is 16.6. The highest BCUT2D eigenvalue weighted by molar-refractivity contribution is 5.67. The number of hydrogen-bond acceptors (Lipinski definition) is 9. The van der Waals surface area contributed by atoms with Crippen LogP contribution in [0.4, 0.5) is 11.8 Å². The Balaban J connectivity index is 2.28. The van der Waals surface area contributed by atoms with Crippen molar-refractivity contribution in [1.82, 2.24) is 14.6 Å². The first kappa shape index (κ1) is 16.0. The van der Waals surface area contributed by atoms with Crippen molar-refractivity contribution in [2.75, 3.05) is 18.1 Å². The van der Waals surface area contributed by atoms with Crippen LogP contribution in [-0.2, 0) is 10.3 Å². The van der Waals surface area contributed by atoms with Crippen LogP contribution in [-0.4, -0.2) is 54.3 Å². The Labute approximate surface area is 135 Å². The van der Waals surface area contributed by atoms with E-state index >= 15 is 0 Å². The summed E-state index contributed by atoms with van der Waals surface area (Å²) < 4.78 is 6.71.